The van der Waals surface area contributed by atoms with Crippen molar-refractivity contribution in [3.05, 3.63) is 23.3 Å². The maximum absolute atomic E-state index is 12.7. The number of hydrogen-bond donors (Lipinski definition) is 1. The van der Waals surface area contributed by atoms with Crippen LogP contribution in [0.2, 0.25) is 0 Å². The zero-order valence-corrected chi connectivity index (χ0v) is 26.7. The van der Waals surface area contributed by atoms with Crippen LogP contribution in [-0.2, 0) is 29.9 Å². The van der Waals surface area contributed by atoms with Gasteiger partial charge in [-0.15, -0.1) is 0 Å². The molecule has 6 heteroatoms. The highest BCUT2D eigenvalue weighted by atomic mass is 16.5. The van der Waals surface area contributed by atoms with Crippen molar-refractivity contribution in [3.63, 3.8) is 0 Å². The molecule has 1 aromatic rings. The second kappa shape index (κ2) is 19.0. The van der Waals surface area contributed by atoms with Gasteiger partial charge in [-0.25, -0.2) is 0 Å². The number of unbranched alkanes of at least 4 members (excludes halogenated alkanes) is 7. The Bertz CT molecular complexity index is 873. The summed E-state index contributed by atoms with van der Waals surface area (Å²) >= 11 is 0. The van der Waals surface area contributed by atoms with Crippen molar-refractivity contribution >= 4 is 11.9 Å². The van der Waals surface area contributed by atoms with Crippen molar-refractivity contribution in [1.82, 2.24) is 0 Å². The monoisotopic (exact) mass is 562 g/mol. The number of hydrogen-bond acceptors (Lipinski definition) is 6. The van der Waals surface area contributed by atoms with E-state index in [4.69, 9.17) is 14.2 Å². The minimum atomic E-state index is -0.580. The number of carbonyl (C=O) groups is 2. The Morgan fingerprint density at radius 2 is 1.25 bits per heavy atom. The van der Waals surface area contributed by atoms with E-state index in [1.54, 1.807) is 6.07 Å². The first-order chi connectivity index (χ1) is 19.0. The number of aromatic hydroxyl groups is 1. The summed E-state index contributed by atoms with van der Waals surface area (Å²) in [7, 11) is 0. The smallest absolute Gasteiger partial charge is 0.306 e. The average Bonchev–Trinajstić information content (AvgIpc) is 2.88. The first-order valence-corrected chi connectivity index (χ1v) is 15.8. The highest BCUT2D eigenvalue weighted by molar-refractivity contribution is 5.72. The number of phenols is 1. The van der Waals surface area contributed by atoms with E-state index in [-0.39, 0.29) is 29.5 Å². The molecule has 0 aromatic heterocycles. The van der Waals surface area contributed by atoms with Crippen molar-refractivity contribution in [2.75, 3.05) is 19.8 Å². The Morgan fingerprint density at radius 3 is 1.82 bits per heavy atom. The van der Waals surface area contributed by atoms with Crippen LogP contribution in [0.15, 0.2) is 12.1 Å². The third-order valence-corrected chi connectivity index (χ3v) is 7.60. The molecule has 1 N–H and O–H groups in total. The van der Waals surface area contributed by atoms with E-state index in [1.165, 1.54) is 6.42 Å². The van der Waals surface area contributed by atoms with Crippen LogP contribution in [0.3, 0.4) is 0 Å². The van der Waals surface area contributed by atoms with Gasteiger partial charge in [-0.05, 0) is 49.7 Å². The Kier molecular flexibility index (Phi) is 17.0. The van der Waals surface area contributed by atoms with Gasteiger partial charge >= 0.3 is 11.9 Å². The summed E-state index contributed by atoms with van der Waals surface area (Å²) in [6.45, 7) is 16.1. The molecule has 0 radical (unpaired) electrons. The fraction of sp³-hybridized carbons (Fsp3) is 0.765. The van der Waals surface area contributed by atoms with E-state index in [0.717, 1.165) is 68.9 Å². The van der Waals surface area contributed by atoms with E-state index in [1.807, 2.05) is 19.9 Å². The highest BCUT2D eigenvalue weighted by Gasteiger charge is 2.32. The summed E-state index contributed by atoms with van der Waals surface area (Å²) < 4.78 is 17.1. The SMILES string of the molecule is CCCCCCOC(=O)CCCC(C)(C)c1cc(OCCCC)c(C(C)(C)CC(=O)OCCCCCC)cc1O. The molecule has 0 aliphatic carbocycles. The second-order valence-corrected chi connectivity index (χ2v) is 12.4. The van der Waals surface area contributed by atoms with Crippen LogP contribution in [0, 0.1) is 0 Å². The Morgan fingerprint density at radius 1 is 0.675 bits per heavy atom. The molecule has 0 fully saturated rings. The Labute approximate surface area is 244 Å². The van der Waals surface area contributed by atoms with Crippen LogP contribution in [0.25, 0.3) is 0 Å². The second-order valence-electron chi connectivity index (χ2n) is 12.4. The average molecular weight is 563 g/mol. The van der Waals surface area contributed by atoms with Gasteiger partial charge in [-0.3, -0.25) is 9.59 Å². The molecule has 0 saturated carbocycles. The van der Waals surface area contributed by atoms with Gasteiger partial charge in [0.2, 0.25) is 0 Å². The summed E-state index contributed by atoms with van der Waals surface area (Å²) in [6, 6.07) is 3.70. The Hall–Kier alpha value is -2.24. The lowest BCUT2D eigenvalue weighted by Crippen LogP contribution is -2.25. The van der Waals surface area contributed by atoms with Crippen LogP contribution in [-0.4, -0.2) is 36.9 Å². The first-order valence-electron chi connectivity index (χ1n) is 15.8. The van der Waals surface area contributed by atoms with Crippen LogP contribution in [0.1, 0.15) is 149 Å². The zero-order valence-electron chi connectivity index (χ0n) is 26.7. The number of rotatable bonds is 22. The maximum atomic E-state index is 12.7. The summed E-state index contributed by atoms with van der Waals surface area (Å²) in [5, 5.41) is 11.2. The van der Waals surface area contributed by atoms with Crippen molar-refractivity contribution in [2.24, 2.45) is 0 Å². The molecular formula is C34H58O6. The van der Waals surface area contributed by atoms with E-state index in [2.05, 4.69) is 34.6 Å². The number of ether oxygens (including phenoxy) is 3. The number of phenolic OH excluding ortho intramolecular Hbond substituents is 1. The molecule has 1 aromatic carbocycles. The minimum Gasteiger partial charge on any atom is -0.508 e. The molecule has 0 amide bonds. The van der Waals surface area contributed by atoms with Gasteiger partial charge in [0.25, 0.3) is 0 Å². The molecule has 0 unspecified atom stereocenters. The summed E-state index contributed by atoms with van der Waals surface area (Å²) in [6.07, 6.45) is 12.4. The number of esters is 2. The van der Waals surface area contributed by atoms with Crippen molar-refractivity contribution < 1.29 is 28.9 Å². The van der Waals surface area contributed by atoms with E-state index in [0.29, 0.717) is 44.8 Å². The van der Waals surface area contributed by atoms with Gasteiger partial charge in [0.05, 0.1) is 26.2 Å². The van der Waals surface area contributed by atoms with Crippen molar-refractivity contribution in [1.29, 1.82) is 0 Å². The molecule has 6 nitrogen and oxygen atoms in total. The third kappa shape index (κ3) is 13.4. The maximum Gasteiger partial charge on any atom is 0.306 e. The Balaban J connectivity index is 2.95. The summed E-state index contributed by atoms with van der Waals surface area (Å²) in [4.78, 5) is 24.9. The van der Waals surface area contributed by atoms with Crippen LogP contribution in [0.5, 0.6) is 11.5 Å². The molecule has 1 rings (SSSR count). The highest BCUT2D eigenvalue weighted by Crippen LogP contribution is 2.43. The third-order valence-electron chi connectivity index (χ3n) is 7.60. The zero-order chi connectivity index (χ0) is 30.0. The molecule has 0 spiro atoms. The normalized spacial score (nSPS) is 11.9. The van der Waals surface area contributed by atoms with E-state index in [9.17, 15) is 14.7 Å². The van der Waals surface area contributed by atoms with Crippen LogP contribution in [0.4, 0.5) is 0 Å². The lowest BCUT2D eigenvalue weighted by Gasteiger charge is -2.31. The lowest BCUT2D eigenvalue weighted by atomic mass is 9.75. The predicted molar refractivity (Wildman–Crippen MR) is 163 cm³/mol. The number of benzene rings is 1. The van der Waals surface area contributed by atoms with Crippen LogP contribution < -0.4 is 4.74 Å². The predicted octanol–water partition coefficient (Wildman–Crippen LogP) is 8.93. The fourth-order valence-corrected chi connectivity index (χ4v) is 4.90. The fourth-order valence-electron chi connectivity index (χ4n) is 4.90. The topological polar surface area (TPSA) is 82.1 Å². The summed E-state index contributed by atoms with van der Waals surface area (Å²) in [5.74, 6) is 0.487. The van der Waals surface area contributed by atoms with Gasteiger partial charge in [-0.2, -0.15) is 0 Å². The molecule has 40 heavy (non-hydrogen) atoms. The molecule has 0 aliphatic heterocycles. The van der Waals surface area contributed by atoms with E-state index >= 15 is 0 Å². The van der Waals surface area contributed by atoms with E-state index < -0.39 is 5.41 Å². The largest absolute Gasteiger partial charge is 0.508 e. The van der Waals surface area contributed by atoms with Gasteiger partial charge in [0.1, 0.15) is 11.5 Å². The number of carbonyl (C=O) groups excluding carboxylic acids is 2. The minimum absolute atomic E-state index is 0.158. The molecule has 0 saturated heterocycles. The molecule has 0 heterocycles. The standard InChI is InChI=1S/C34H58O6/c1-8-11-14-16-22-39-31(36)19-18-20-33(4,5)27-25-30(38-21-13-10-3)28(24-29(27)35)34(6,7)26-32(37)40-23-17-15-12-9-2/h24-25,35H,8-23,26H2,1-7H3. The molecule has 0 bridgehead atoms. The van der Waals surface area contributed by atoms with Gasteiger partial charge in [0.15, 0.2) is 0 Å². The molecule has 230 valence electrons. The summed E-state index contributed by atoms with van der Waals surface area (Å²) in [5.41, 5.74) is 0.623. The van der Waals surface area contributed by atoms with Gasteiger partial charge in [0, 0.05) is 23.0 Å². The van der Waals surface area contributed by atoms with Gasteiger partial charge < -0.3 is 19.3 Å². The van der Waals surface area contributed by atoms with Crippen LogP contribution >= 0.6 is 0 Å². The van der Waals surface area contributed by atoms with Crippen molar-refractivity contribution in [3.8, 4) is 11.5 Å². The first kappa shape index (κ1) is 35.8. The molecular weight excluding hydrogens is 504 g/mol. The molecule has 0 atom stereocenters. The molecule has 0 aliphatic rings. The quantitative estimate of drug-likeness (QED) is 0.112. The van der Waals surface area contributed by atoms with Crippen molar-refractivity contribution in [2.45, 2.75) is 149 Å². The van der Waals surface area contributed by atoms with Gasteiger partial charge in [-0.1, -0.05) is 93.4 Å². The lowest BCUT2D eigenvalue weighted by molar-refractivity contribution is -0.145.